The molecular weight excluding hydrogens is 286 g/mol. The van der Waals surface area contributed by atoms with Gasteiger partial charge in [0.15, 0.2) is 0 Å². The minimum absolute atomic E-state index is 0.0304. The number of thioether (sulfide) groups is 1. The Morgan fingerprint density at radius 1 is 1.48 bits per heavy atom. The molecule has 1 N–H and O–H groups in total. The second-order valence-electron chi connectivity index (χ2n) is 5.86. The molecule has 0 spiro atoms. The number of nitrogens with zero attached hydrogens (tertiary/aromatic N) is 4. The van der Waals surface area contributed by atoms with Gasteiger partial charge >= 0.3 is 0 Å². The molecule has 0 saturated carbocycles. The summed E-state index contributed by atoms with van der Waals surface area (Å²) in [4.78, 5) is 18.8. The summed E-state index contributed by atoms with van der Waals surface area (Å²) in [5, 5.41) is 8.26. The van der Waals surface area contributed by atoms with E-state index in [1.165, 1.54) is 0 Å². The standard InChI is InChI=1S/C14H23N5OS/c1-10-11(2)21-7-6-18(10)14(20)13-16-9-19(17-13)12-4-3-5-15-8-12/h9-12,15H,3-8H2,1-2H3/t10-,11-,12+/m0/s1. The number of hydrogen-bond acceptors (Lipinski definition) is 5. The maximum atomic E-state index is 12.6. The Balaban J connectivity index is 1.71. The van der Waals surface area contributed by atoms with Crippen molar-refractivity contribution in [3.05, 3.63) is 12.2 Å². The first-order chi connectivity index (χ1) is 10.2. The molecule has 2 saturated heterocycles. The van der Waals surface area contributed by atoms with Gasteiger partial charge in [0, 0.05) is 30.1 Å². The Bertz CT molecular complexity index is 499. The van der Waals surface area contributed by atoms with E-state index in [4.69, 9.17) is 0 Å². The van der Waals surface area contributed by atoms with Crippen LogP contribution in [-0.2, 0) is 0 Å². The van der Waals surface area contributed by atoms with Crippen LogP contribution >= 0.6 is 11.8 Å². The topological polar surface area (TPSA) is 63.1 Å². The zero-order valence-corrected chi connectivity index (χ0v) is 13.5. The van der Waals surface area contributed by atoms with E-state index in [9.17, 15) is 4.79 Å². The molecule has 1 aromatic rings. The predicted octanol–water partition coefficient (Wildman–Crippen LogP) is 1.17. The van der Waals surface area contributed by atoms with Crippen LogP contribution in [0.3, 0.4) is 0 Å². The molecule has 116 valence electrons. The lowest BCUT2D eigenvalue weighted by Crippen LogP contribution is -2.48. The fourth-order valence-corrected chi connectivity index (χ4v) is 4.06. The van der Waals surface area contributed by atoms with Crippen molar-refractivity contribution in [2.24, 2.45) is 0 Å². The molecule has 2 aliphatic heterocycles. The first-order valence-corrected chi connectivity index (χ1v) is 8.76. The molecule has 3 atom stereocenters. The maximum absolute atomic E-state index is 12.6. The number of aromatic nitrogens is 3. The van der Waals surface area contributed by atoms with Gasteiger partial charge in [-0.05, 0) is 26.3 Å². The molecule has 2 aliphatic rings. The highest BCUT2D eigenvalue weighted by molar-refractivity contribution is 8.00. The van der Waals surface area contributed by atoms with E-state index in [2.05, 4.69) is 29.2 Å². The van der Waals surface area contributed by atoms with E-state index in [-0.39, 0.29) is 11.9 Å². The fraction of sp³-hybridized carbons (Fsp3) is 0.786. The van der Waals surface area contributed by atoms with Crippen molar-refractivity contribution in [3.8, 4) is 0 Å². The molecule has 21 heavy (non-hydrogen) atoms. The van der Waals surface area contributed by atoms with Gasteiger partial charge in [0.2, 0.25) is 5.82 Å². The van der Waals surface area contributed by atoms with E-state index < -0.39 is 0 Å². The Hall–Kier alpha value is -1.08. The molecule has 0 aliphatic carbocycles. The second-order valence-corrected chi connectivity index (χ2v) is 7.35. The Labute approximate surface area is 129 Å². The summed E-state index contributed by atoms with van der Waals surface area (Å²) >= 11 is 1.92. The first-order valence-electron chi connectivity index (χ1n) is 7.71. The monoisotopic (exact) mass is 309 g/mol. The third-order valence-corrected chi connectivity index (χ3v) is 5.83. The number of carbonyl (C=O) groups excluding carboxylic acids is 1. The van der Waals surface area contributed by atoms with E-state index in [1.54, 1.807) is 6.33 Å². The van der Waals surface area contributed by atoms with Crippen LogP contribution in [0.4, 0.5) is 0 Å². The minimum atomic E-state index is -0.0304. The van der Waals surface area contributed by atoms with Gasteiger partial charge in [-0.1, -0.05) is 6.92 Å². The summed E-state index contributed by atoms with van der Waals surface area (Å²) in [6.07, 6.45) is 3.95. The third-order valence-electron chi connectivity index (χ3n) is 4.49. The van der Waals surface area contributed by atoms with Gasteiger partial charge in [0.25, 0.3) is 5.91 Å². The number of hydrogen-bond donors (Lipinski definition) is 1. The number of amides is 1. The Morgan fingerprint density at radius 2 is 2.33 bits per heavy atom. The molecule has 3 heterocycles. The fourth-order valence-electron chi connectivity index (χ4n) is 2.96. The zero-order chi connectivity index (χ0) is 14.8. The van der Waals surface area contributed by atoms with Gasteiger partial charge in [-0.2, -0.15) is 11.8 Å². The predicted molar refractivity (Wildman–Crippen MR) is 83.6 cm³/mol. The molecule has 1 aromatic heterocycles. The Kier molecular flexibility index (Phi) is 4.49. The quantitative estimate of drug-likeness (QED) is 0.888. The van der Waals surface area contributed by atoms with Gasteiger partial charge in [-0.25, -0.2) is 9.67 Å². The van der Waals surface area contributed by atoms with E-state index in [0.717, 1.165) is 38.2 Å². The molecule has 0 bridgehead atoms. The molecule has 2 fully saturated rings. The van der Waals surface area contributed by atoms with Crippen molar-refractivity contribution in [1.29, 1.82) is 0 Å². The van der Waals surface area contributed by atoms with Crippen molar-refractivity contribution in [3.63, 3.8) is 0 Å². The number of rotatable bonds is 2. The summed E-state index contributed by atoms with van der Waals surface area (Å²) in [6, 6.07) is 0.556. The molecule has 7 heteroatoms. The SMILES string of the molecule is C[C@@H]1SCCN(C(=O)c2ncn([C@@H]3CCCNC3)n2)[C@H]1C. The van der Waals surface area contributed by atoms with E-state index in [0.29, 0.717) is 17.1 Å². The van der Waals surface area contributed by atoms with Crippen LogP contribution in [0.25, 0.3) is 0 Å². The summed E-state index contributed by atoms with van der Waals surface area (Å²) in [5.41, 5.74) is 0. The lowest BCUT2D eigenvalue weighted by Gasteiger charge is -2.36. The van der Waals surface area contributed by atoms with Crippen molar-refractivity contribution >= 4 is 17.7 Å². The molecule has 6 nitrogen and oxygen atoms in total. The highest BCUT2D eigenvalue weighted by Gasteiger charge is 2.31. The largest absolute Gasteiger partial charge is 0.331 e. The van der Waals surface area contributed by atoms with Gasteiger partial charge < -0.3 is 10.2 Å². The average Bonchev–Trinajstić information content (AvgIpc) is 3.00. The van der Waals surface area contributed by atoms with Gasteiger partial charge in [0.1, 0.15) is 6.33 Å². The van der Waals surface area contributed by atoms with Crippen LogP contribution in [0.5, 0.6) is 0 Å². The Morgan fingerprint density at radius 3 is 3.10 bits per heavy atom. The van der Waals surface area contributed by atoms with Crippen LogP contribution in [0.2, 0.25) is 0 Å². The van der Waals surface area contributed by atoms with Crippen molar-refractivity contribution in [2.75, 3.05) is 25.4 Å². The lowest BCUT2D eigenvalue weighted by atomic mass is 10.1. The number of carbonyl (C=O) groups is 1. The normalized spacial score (nSPS) is 30.4. The molecule has 0 radical (unpaired) electrons. The number of piperidine rings is 1. The van der Waals surface area contributed by atoms with Crippen LogP contribution < -0.4 is 5.32 Å². The summed E-state index contributed by atoms with van der Waals surface area (Å²) < 4.78 is 1.85. The molecular formula is C14H23N5OS. The van der Waals surface area contributed by atoms with Crippen molar-refractivity contribution in [2.45, 2.75) is 44.0 Å². The van der Waals surface area contributed by atoms with E-state index >= 15 is 0 Å². The van der Waals surface area contributed by atoms with Crippen LogP contribution in [0, 0.1) is 0 Å². The van der Waals surface area contributed by atoms with Crippen LogP contribution in [0.1, 0.15) is 43.3 Å². The summed E-state index contributed by atoms with van der Waals surface area (Å²) in [7, 11) is 0. The zero-order valence-electron chi connectivity index (χ0n) is 12.7. The third kappa shape index (κ3) is 3.08. The van der Waals surface area contributed by atoms with Crippen LogP contribution in [-0.4, -0.2) is 62.3 Å². The first kappa shape index (κ1) is 14.8. The maximum Gasteiger partial charge on any atom is 0.293 e. The smallest absolute Gasteiger partial charge is 0.293 e. The molecule has 0 unspecified atom stereocenters. The minimum Gasteiger partial charge on any atom is -0.331 e. The average molecular weight is 309 g/mol. The molecule has 3 rings (SSSR count). The second kappa shape index (κ2) is 6.36. The number of nitrogens with one attached hydrogen (secondary N) is 1. The van der Waals surface area contributed by atoms with Gasteiger partial charge in [-0.3, -0.25) is 4.79 Å². The molecule has 1 amide bonds. The summed E-state index contributed by atoms with van der Waals surface area (Å²) in [5.74, 6) is 1.30. The van der Waals surface area contributed by atoms with E-state index in [1.807, 2.05) is 21.3 Å². The lowest BCUT2D eigenvalue weighted by molar-refractivity contribution is 0.0685. The molecule has 0 aromatic carbocycles. The highest BCUT2D eigenvalue weighted by Crippen LogP contribution is 2.25. The highest BCUT2D eigenvalue weighted by atomic mass is 32.2. The summed E-state index contributed by atoms with van der Waals surface area (Å²) in [6.45, 7) is 7.04. The van der Waals surface area contributed by atoms with Crippen LogP contribution in [0.15, 0.2) is 6.33 Å². The van der Waals surface area contributed by atoms with Gasteiger partial charge in [0.05, 0.1) is 6.04 Å². The van der Waals surface area contributed by atoms with Crippen molar-refractivity contribution < 1.29 is 4.79 Å². The van der Waals surface area contributed by atoms with Crippen molar-refractivity contribution in [1.82, 2.24) is 25.0 Å². The van der Waals surface area contributed by atoms with Gasteiger partial charge in [-0.15, -0.1) is 5.10 Å².